The van der Waals surface area contributed by atoms with E-state index in [-0.39, 0.29) is 18.1 Å². The first-order valence-corrected chi connectivity index (χ1v) is 8.48. The summed E-state index contributed by atoms with van der Waals surface area (Å²) < 4.78 is 13.3. The molecular weight excluding hydrogens is 345 g/mol. The third-order valence-electron chi connectivity index (χ3n) is 4.45. The number of benzene rings is 2. The van der Waals surface area contributed by atoms with Crippen molar-refractivity contribution in [2.24, 2.45) is 4.99 Å². The third kappa shape index (κ3) is 3.17. The molecule has 4 rings (SSSR count). The van der Waals surface area contributed by atoms with Gasteiger partial charge in [0, 0.05) is 18.2 Å². The van der Waals surface area contributed by atoms with E-state index >= 15 is 0 Å². The summed E-state index contributed by atoms with van der Waals surface area (Å²) in [5.41, 5.74) is -0.366. The van der Waals surface area contributed by atoms with Gasteiger partial charge in [0.1, 0.15) is 11.7 Å². The van der Waals surface area contributed by atoms with Crippen molar-refractivity contribution in [1.29, 1.82) is 0 Å². The highest BCUT2D eigenvalue weighted by molar-refractivity contribution is 6.15. The Kier molecular flexibility index (Phi) is 4.16. The van der Waals surface area contributed by atoms with Crippen molar-refractivity contribution in [2.45, 2.75) is 12.1 Å². The molecule has 2 amide bonds. The molecule has 0 saturated heterocycles. The quantitative estimate of drug-likeness (QED) is 0.910. The zero-order chi connectivity index (χ0) is 18.9. The number of carbonyl (C=O) groups is 2. The van der Waals surface area contributed by atoms with Crippen LogP contribution in [0.25, 0.3) is 0 Å². The summed E-state index contributed by atoms with van der Waals surface area (Å²) in [4.78, 5) is 31.8. The van der Waals surface area contributed by atoms with Crippen LogP contribution in [-0.2, 0) is 11.2 Å². The van der Waals surface area contributed by atoms with Gasteiger partial charge < -0.3 is 5.32 Å². The highest BCUT2D eigenvalue weighted by atomic mass is 19.1. The van der Waals surface area contributed by atoms with Crippen molar-refractivity contribution in [1.82, 2.24) is 10.2 Å². The largest absolute Gasteiger partial charge is 0.320 e. The molecule has 6 heteroatoms. The summed E-state index contributed by atoms with van der Waals surface area (Å²) in [6.45, 7) is 0. The van der Waals surface area contributed by atoms with E-state index < -0.39 is 11.6 Å². The minimum Gasteiger partial charge on any atom is -0.320 e. The second-order valence-corrected chi connectivity index (χ2v) is 6.33. The van der Waals surface area contributed by atoms with Gasteiger partial charge in [-0.2, -0.15) is 0 Å². The van der Waals surface area contributed by atoms with Crippen LogP contribution in [0.2, 0.25) is 0 Å². The van der Waals surface area contributed by atoms with Crippen LogP contribution in [0.5, 0.6) is 0 Å². The van der Waals surface area contributed by atoms with Crippen LogP contribution in [0.1, 0.15) is 15.9 Å². The first-order valence-electron chi connectivity index (χ1n) is 8.48. The predicted molar refractivity (Wildman–Crippen MR) is 99.3 cm³/mol. The maximum atomic E-state index is 13.3. The molecular formula is C21H16FN3O2. The summed E-state index contributed by atoms with van der Waals surface area (Å²) in [5.74, 6) is -0.665. The fourth-order valence-corrected chi connectivity index (χ4v) is 3.13. The topological polar surface area (TPSA) is 61.8 Å². The molecule has 0 saturated carbocycles. The molecule has 2 aliphatic heterocycles. The van der Waals surface area contributed by atoms with E-state index in [1.54, 1.807) is 60.8 Å². The lowest BCUT2D eigenvalue weighted by atomic mass is 9.98. The lowest BCUT2D eigenvalue weighted by Gasteiger charge is -2.26. The first-order chi connectivity index (χ1) is 13.1. The van der Waals surface area contributed by atoms with E-state index in [0.29, 0.717) is 17.0 Å². The van der Waals surface area contributed by atoms with E-state index in [2.05, 4.69) is 10.3 Å². The van der Waals surface area contributed by atoms with Crippen LogP contribution in [-0.4, -0.2) is 28.2 Å². The van der Waals surface area contributed by atoms with Crippen molar-refractivity contribution < 1.29 is 14.0 Å². The Bertz CT molecular complexity index is 980. The van der Waals surface area contributed by atoms with Gasteiger partial charge in [0.2, 0.25) is 5.66 Å². The van der Waals surface area contributed by atoms with E-state index in [0.717, 1.165) is 0 Å². The molecule has 2 aliphatic rings. The number of fused-ring (bicyclic) bond motifs is 1. The number of halogens is 1. The average molecular weight is 361 g/mol. The monoisotopic (exact) mass is 361 g/mol. The zero-order valence-electron chi connectivity index (χ0n) is 14.3. The van der Waals surface area contributed by atoms with Gasteiger partial charge in [0.15, 0.2) is 0 Å². The molecule has 2 aromatic carbocycles. The minimum absolute atomic E-state index is 0.117. The Morgan fingerprint density at radius 1 is 1.07 bits per heavy atom. The molecule has 27 heavy (non-hydrogen) atoms. The van der Waals surface area contributed by atoms with Crippen LogP contribution in [0, 0.1) is 5.82 Å². The van der Waals surface area contributed by atoms with Gasteiger partial charge in [-0.3, -0.25) is 14.5 Å². The fourth-order valence-electron chi connectivity index (χ4n) is 3.13. The van der Waals surface area contributed by atoms with Crippen molar-refractivity contribution >= 4 is 17.6 Å². The Morgan fingerprint density at radius 2 is 1.81 bits per heavy atom. The number of carbonyl (C=O) groups excluding carboxylic acids is 2. The van der Waals surface area contributed by atoms with E-state index in [1.807, 2.05) is 6.07 Å². The molecule has 1 atom stereocenters. The van der Waals surface area contributed by atoms with Crippen LogP contribution in [0.4, 0.5) is 4.39 Å². The Balaban J connectivity index is 1.71. The number of hydrogen-bond donors (Lipinski definition) is 1. The molecule has 0 bridgehead atoms. The SMILES string of the molecule is O=C(NC1(Cc2ccc(F)cc2)N=C2C=CC=CN2C1=O)c1ccccc1. The Labute approximate surface area is 155 Å². The van der Waals surface area contributed by atoms with Crippen LogP contribution in [0.15, 0.2) is 84.0 Å². The molecule has 0 aliphatic carbocycles. The molecule has 134 valence electrons. The molecule has 1 unspecified atom stereocenters. The van der Waals surface area contributed by atoms with Crippen molar-refractivity contribution in [3.63, 3.8) is 0 Å². The van der Waals surface area contributed by atoms with E-state index in [4.69, 9.17) is 0 Å². The van der Waals surface area contributed by atoms with Crippen molar-refractivity contribution in [3.05, 3.63) is 96.0 Å². The maximum Gasteiger partial charge on any atom is 0.281 e. The van der Waals surface area contributed by atoms with Gasteiger partial charge >= 0.3 is 0 Å². The fraction of sp³-hybridized carbons (Fsp3) is 0.0952. The number of hydrogen-bond acceptors (Lipinski definition) is 3. The first kappa shape index (κ1) is 16.9. The normalized spacial score (nSPS) is 20.4. The molecule has 2 aromatic rings. The minimum atomic E-state index is -1.49. The lowest BCUT2D eigenvalue weighted by molar-refractivity contribution is -0.130. The Hall–Kier alpha value is -3.54. The summed E-state index contributed by atoms with van der Waals surface area (Å²) in [6, 6.07) is 14.5. The lowest BCUT2D eigenvalue weighted by Crippen LogP contribution is -2.55. The van der Waals surface area contributed by atoms with Gasteiger partial charge in [-0.25, -0.2) is 9.38 Å². The number of aliphatic imine (C=N–C) groups is 1. The maximum absolute atomic E-state index is 13.3. The molecule has 0 spiro atoms. The van der Waals surface area contributed by atoms with Gasteiger partial charge in [0.25, 0.3) is 11.8 Å². The van der Waals surface area contributed by atoms with Gasteiger partial charge in [-0.05, 0) is 42.0 Å². The third-order valence-corrected chi connectivity index (χ3v) is 4.45. The zero-order valence-corrected chi connectivity index (χ0v) is 14.3. The molecule has 0 fully saturated rings. The molecule has 2 heterocycles. The predicted octanol–water partition coefficient (Wildman–Crippen LogP) is 2.82. The van der Waals surface area contributed by atoms with E-state index in [9.17, 15) is 14.0 Å². The van der Waals surface area contributed by atoms with E-state index in [1.165, 1.54) is 17.0 Å². The van der Waals surface area contributed by atoms with Crippen molar-refractivity contribution in [3.8, 4) is 0 Å². The van der Waals surface area contributed by atoms with Crippen molar-refractivity contribution in [2.75, 3.05) is 0 Å². The van der Waals surface area contributed by atoms with Crippen LogP contribution >= 0.6 is 0 Å². The number of nitrogens with zero attached hydrogens (tertiary/aromatic N) is 2. The number of nitrogens with one attached hydrogen (secondary N) is 1. The Morgan fingerprint density at radius 3 is 2.52 bits per heavy atom. The second kappa shape index (κ2) is 6.64. The van der Waals surface area contributed by atoms with Crippen LogP contribution in [0.3, 0.4) is 0 Å². The summed E-state index contributed by atoms with van der Waals surface area (Å²) >= 11 is 0. The summed E-state index contributed by atoms with van der Waals surface area (Å²) in [7, 11) is 0. The summed E-state index contributed by atoms with van der Waals surface area (Å²) in [5, 5.41) is 2.80. The van der Waals surface area contributed by atoms with Gasteiger partial charge in [-0.15, -0.1) is 0 Å². The van der Waals surface area contributed by atoms with Gasteiger partial charge in [-0.1, -0.05) is 36.4 Å². The molecule has 1 N–H and O–H groups in total. The highest BCUT2D eigenvalue weighted by Gasteiger charge is 2.48. The second-order valence-electron chi connectivity index (χ2n) is 6.33. The molecule has 0 aromatic heterocycles. The summed E-state index contributed by atoms with van der Waals surface area (Å²) in [6.07, 6.45) is 6.94. The smallest absolute Gasteiger partial charge is 0.281 e. The molecule has 5 nitrogen and oxygen atoms in total. The van der Waals surface area contributed by atoms with Gasteiger partial charge in [0.05, 0.1) is 0 Å². The number of rotatable bonds is 4. The number of allylic oxidation sites excluding steroid dienone is 2. The number of amides is 2. The standard InChI is InChI=1S/C21H16FN3O2/c22-17-11-9-15(10-12-17)14-21(24-19(26)16-6-2-1-3-7-16)20(27)25-13-5-4-8-18(25)23-21/h1-13H,14H2,(H,24,26). The highest BCUT2D eigenvalue weighted by Crippen LogP contribution is 2.28. The van der Waals surface area contributed by atoms with Crippen LogP contribution < -0.4 is 5.32 Å². The number of amidine groups is 1. The average Bonchev–Trinajstić information content (AvgIpc) is 2.96. The molecule has 0 radical (unpaired) electrons.